The standard InChI is InChI=1S/C12H15NO4/c1-14-10-4-8(9-6-15-3-2-13-9)5-11-12(10)17-7-16-11/h4-5,9,13H,2-3,6-7H2,1H3/t9-/m1/s1. The number of nitrogens with one attached hydrogen (secondary N) is 1. The third-order valence-corrected chi connectivity index (χ3v) is 3.00. The van der Waals surface area contributed by atoms with Crippen LogP contribution < -0.4 is 19.5 Å². The zero-order valence-corrected chi connectivity index (χ0v) is 9.69. The molecule has 0 radical (unpaired) electrons. The first-order valence-corrected chi connectivity index (χ1v) is 5.67. The molecule has 17 heavy (non-hydrogen) atoms. The maximum Gasteiger partial charge on any atom is 0.231 e. The molecular weight excluding hydrogens is 222 g/mol. The molecule has 1 aromatic rings. The van der Waals surface area contributed by atoms with Crippen LogP contribution in [0.5, 0.6) is 17.2 Å². The van der Waals surface area contributed by atoms with E-state index in [0.717, 1.165) is 24.5 Å². The maximum absolute atomic E-state index is 5.45. The minimum absolute atomic E-state index is 0.187. The Morgan fingerprint density at radius 3 is 3.06 bits per heavy atom. The Morgan fingerprint density at radius 1 is 1.35 bits per heavy atom. The Hall–Kier alpha value is -1.46. The predicted octanol–water partition coefficient (Wildman–Crippen LogP) is 1.08. The Labute approximate surface area is 99.6 Å². The van der Waals surface area contributed by atoms with Gasteiger partial charge < -0.3 is 24.3 Å². The van der Waals surface area contributed by atoms with Gasteiger partial charge in [-0.05, 0) is 17.7 Å². The first kappa shape index (κ1) is 10.7. The van der Waals surface area contributed by atoms with Crippen LogP contribution in [-0.2, 0) is 4.74 Å². The zero-order valence-electron chi connectivity index (χ0n) is 9.69. The summed E-state index contributed by atoms with van der Waals surface area (Å²) in [5.74, 6) is 2.14. The highest BCUT2D eigenvalue weighted by molar-refractivity contribution is 5.55. The topological polar surface area (TPSA) is 49.0 Å². The molecule has 92 valence electrons. The van der Waals surface area contributed by atoms with E-state index in [9.17, 15) is 0 Å². The number of fused-ring (bicyclic) bond motifs is 1. The number of hydrogen-bond acceptors (Lipinski definition) is 5. The fraction of sp³-hybridized carbons (Fsp3) is 0.500. The lowest BCUT2D eigenvalue weighted by atomic mass is 10.1. The van der Waals surface area contributed by atoms with E-state index in [-0.39, 0.29) is 12.8 Å². The van der Waals surface area contributed by atoms with Crippen molar-refractivity contribution in [1.29, 1.82) is 0 Å². The van der Waals surface area contributed by atoms with Gasteiger partial charge in [0.25, 0.3) is 0 Å². The van der Waals surface area contributed by atoms with Gasteiger partial charge in [0.1, 0.15) is 0 Å². The summed E-state index contributed by atoms with van der Waals surface area (Å²) in [6.45, 7) is 2.55. The van der Waals surface area contributed by atoms with Gasteiger partial charge in [0.15, 0.2) is 11.5 Å². The van der Waals surface area contributed by atoms with Crippen LogP contribution in [-0.4, -0.2) is 33.7 Å². The number of methoxy groups -OCH3 is 1. The van der Waals surface area contributed by atoms with E-state index in [2.05, 4.69) is 5.32 Å². The lowest BCUT2D eigenvalue weighted by Crippen LogP contribution is -2.34. The number of morpholine rings is 1. The summed E-state index contributed by atoms with van der Waals surface area (Å²) in [4.78, 5) is 0. The van der Waals surface area contributed by atoms with Crippen LogP contribution in [0, 0.1) is 0 Å². The molecule has 0 aliphatic carbocycles. The first-order chi connectivity index (χ1) is 8.38. The molecular formula is C12H15NO4. The predicted molar refractivity (Wildman–Crippen MR) is 60.7 cm³/mol. The lowest BCUT2D eigenvalue weighted by Gasteiger charge is -2.24. The molecule has 5 heteroatoms. The van der Waals surface area contributed by atoms with Gasteiger partial charge in [-0.3, -0.25) is 0 Å². The first-order valence-electron chi connectivity index (χ1n) is 5.67. The molecule has 1 atom stereocenters. The molecule has 1 aromatic carbocycles. The van der Waals surface area contributed by atoms with E-state index >= 15 is 0 Å². The van der Waals surface area contributed by atoms with Gasteiger partial charge >= 0.3 is 0 Å². The Balaban J connectivity index is 1.94. The average molecular weight is 237 g/mol. The number of benzene rings is 1. The highest BCUT2D eigenvalue weighted by atomic mass is 16.7. The summed E-state index contributed by atoms with van der Waals surface area (Å²) in [6, 6.07) is 4.14. The monoisotopic (exact) mass is 237 g/mol. The minimum Gasteiger partial charge on any atom is -0.493 e. The van der Waals surface area contributed by atoms with Crippen LogP contribution in [0.2, 0.25) is 0 Å². The second kappa shape index (κ2) is 4.43. The van der Waals surface area contributed by atoms with Crippen LogP contribution >= 0.6 is 0 Å². The normalized spacial score (nSPS) is 22.5. The third kappa shape index (κ3) is 1.92. The van der Waals surface area contributed by atoms with E-state index in [4.69, 9.17) is 18.9 Å². The van der Waals surface area contributed by atoms with Gasteiger partial charge in [-0.25, -0.2) is 0 Å². The fourth-order valence-electron chi connectivity index (χ4n) is 2.13. The van der Waals surface area contributed by atoms with Crippen LogP contribution in [0.3, 0.4) is 0 Å². The largest absolute Gasteiger partial charge is 0.493 e. The maximum atomic E-state index is 5.45. The van der Waals surface area contributed by atoms with E-state index < -0.39 is 0 Å². The van der Waals surface area contributed by atoms with Crippen molar-refractivity contribution in [2.24, 2.45) is 0 Å². The molecule has 1 saturated heterocycles. The van der Waals surface area contributed by atoms with Crippen LogP contribution in [0.4, 0.5) is 0 Å². The molecule has 0 spiro atoms. The van der Waals surface area contributed by atoms with Crippen molar-refractivity contribution < 1.29 is 18.9 Å². The highest BCUT2D eigenvalue weighted by Gasteiger charge is 2.24. The molecule has 3 rings (SSSR count). The van der Waals surface area contributed by atoms with Crippen molar-refractivity contribution in [3.05, 3.63) is 17.7 Å². The lowest BCUT2D eigenvalue weighted by molar-refractivity contribution is 0.0767. The van der Waals surface area contributed by atoms with Gasteiger partial charge in [-0.2, -0.15) is 0 Å². The number of rotatable bonds is 2. The molecule has 0 unspecified atom stereocenters. The summed E-state index contributed by atoms with van der Waals surface area (Å²) >= 11 is 0. The highest BCUT2D eigenvalue weighted by Crippen LogP contribution is 2.43. The molecule has 1 fully saturated rings. The summed E-state index contributed by atoms with van der Waals surface area (Å²) in [7, 11) is 1.63. The van der Waals surface area contributed by atoms with Crippen molar-refractivity contribution in [1.82, 2.24) is 5.32 Å². The molecule has 2 aliphatic heterocycles. The quantitative estimate of drug-likeness (QED) is 0.834. The molecule has 5 nitrogen and oxygen atoms in total. The van der Waals surface area contributed by atoms with E-state index in [1.54, 1.807) is 7.11 Å². The van der Waals surface area contributed by atoms with Gasteiger partial charge in [-0.1, -0.05) is 0 Å². The molecule has 0 bridgehead atoms. The number of hydrogen-bond donors (Lipinski definition) is 1. The zero-order chi connectivity index (χ0) is 11.7. The van der Waals surface area contributed by atoms with Crippen molar-refractivity contribution in [3.8, 4) is 17.2 Å². The van der Waals surface area contributed by atoms with Gasteiger partial charge in [-0.15, -0.1) is 0 Å². The van der Waals surface area contributed by atoms with Crippen molar-refractivity contribution >= 4 is 0 Å². The van der Waals surface area contributed by atoms with E-state index in [1.807, 2.05) is 12.1 Å². The molecule has 0 saturated carbocycles. The van der Waals surface area contributed by atoms with Gasteiger partial charge in [0.05, 0.1) is 26.4 Å². The van der Waals surface area contributed by atoms with Gasteiger partial charge in [0, 0.05) is 6.54 Å². The molecule has 2 heterocycles. The Morgan fingerprint density at radius 2 is 2.29 bits per heavy atom. The molecule has 1 N–H and O–H groups in total. The second-order valence-electron chi connectivity index (χ2n) is 4.04. The summed E-state index contributed by atoms with van der Waals surface area (Å²) in [5.41, 5.74) is 1.10. The third-order valence-electron chi connectivity index (χ3n) is 3.00. The molecule has 2 aliphatic rings. The van der Waals surface area contributed by atoms with Crippen LogP contribution in [0.25, 0.3) is 0 Å². The van der Waals surface area contributed by atoms with Crippen molar-refractivity contribution in [2.75, 3.05) is 33.7 Å². The summed E-state index contributed by atoms with van der Waals surface area (Å²) < 4.78 is 21.5. The molecule has 0 aromatic heterocycles. The van der Waals surface area contributed by atoms with E-state index in [1.165, 1.54) is 0 Å². The molecule has 0 amide bonds. The average Bonchev–Trinajstić information content (AvgIpc) is 2.86. The smallest absolute Gasteiger partial charge is 0.231 e. The van der Waals surface area contributed by atoms with Crippen LogP contribution in [0.1, 0.15) is 11.6 Å². The van der Waals surface area contributed by atoms with Crippen molar-refractivity contribution in [2.45, 2.75) is 6.04 Å². The van der Waals surface area contributed by atoms with E-state index in [0.29, 0.717) is 18.1 Å². The Kier molecular flexibility index (Phi) is 2.78. The van der Waals surface area contributed by atoms with Crippen LogP contribution in [0.15, 0.2) is 12.1 Å². The summed E-state index contributed by atoms with van der Waals surface area (Å²) in [6.07, 6.45) is 0. The summed E-state index contributed by atoms with van der Waals surface area (Å²) in [5, 5.41) is 3.40. The van der Waals surface area contributed by atoms with Gasteiger partial charge in [0.2, 0.25) is 12.5 Å². The fourth-order valence-corrected chi connectivity index (χ4v) is 2.13. The Bertz CT molecular complexity index is 415. The minimum atomic E-state index is 0.187. The number of ether oxygens (including phenoxy) is 4. The second-order valence-corrected chi connectivity index (χ2v) is 4.04. The SMILES string of the molecule is COc1cc([C@H]2COCCN2)cc2c1OCO2. The van der Waals surface area contributed by atoms with Crippen molar-refractivity contribution in [3.63, 3.8) is 0 Å².